The number of hydrogen-bond acceptors (Lipinski definition) is 5. The quantitative estimate of drug-likeness (QED) is 0.834. The molecule has 2 rings (SSSR count). The van der Waals surface area contributed by atoms with E-state index in [0.717, 1.165) is 12.1 Å². The minimum Gasteiger partial charge on any atom is -0.313 e. The number of nitrogens with zero attached hydrogens (tertiary/aromatic N) is 1. The molecule has 0 spiro atoms. The molecule has 1 aromatic carbocycles. The molecule has 0 amide bonds. The average Bonchev–Trinajstić information content (AvgIpc) is 2.45. The molecule has 0 saturated carbocycles. The van der Waals surface area contributed by atoms with Crippen LogP contribution in [0.15, 0.2) is 29.2 Å². The Balaban J connectivity index is 2.12. The van der Waals surface area contributed by atoms with Gasteiger partial charge in [-0.25, -0.2) is 16.8 Å². The number of benzene rings is 1. The number of nitrogens with one attached hydrogen (secondary N) is 1. The lowest BCUT2D eigenvalue weighted by Crippen LogP contribution is -2.43. The third-order valence-electron chi connectivity index (χ3n) is 3.44. The summed E-state index contributed by atoms with van der Waals surface area (Å²) in [5.41, 5.74) is 1.01. The summed E-state index contributed by atoms with van der Waals surface area (Å²) in [6, 6.07) is 6.70. The summed E-state index contributed by atoms with van der Waals surface area (Å²) in [7, 11) is -6.69. The first-order valence-corrected chi connectivity index (χ1v) is 10.1. The monoisotopic (exact) mass is 332 g/mol. The van der Waals surface area contributed by atoms with E-state index in [1.807, 2.05) is 6.92 Å². The molecule has 1 aliphatic rings. The molecule has 1 aromatic rings. The van der Waals surface area contributed by atoms with Gasteiger partial charge < -0.3 is 5.32 Å². The first-order chi connectivity index (χ1) is 9.85. The van der Waals surface area contributed by atoms with E-state index in [-0.39, 0.29) is 29.5 Å². The summed E-state index contributed by atoms with van der Waals surface area (Å²) in [4.78, 5) is 0.210. The van der Waals surface area contributed by atoms with E-state index in [1.54, 1.807) is 24.3 Å². The van der Waals surface area contributed by atoms with Crippen LogP contribution in [0.1, 0.15) is 12.5 Å². The zero-order chi connectivity index (χ0) is 15.5. The van der Waals surface area contributed by atoms with Gasteiger partial charge in [-0.05, 0) is 24.2 Å². The lowest BCUT2D eigenvalue weighted by molar-refractivity contribution is 0.431. The highest BCUT2D eigenvalue weighted by Crippen LogP contribution is 2.18. The van der Waals surface area contributed by atoms with Gasteiger partial charge in [-0.3, -0.25) is 0 Å². The zero-order valence-corrected chi connectivity index (χ0v) is 13.6. The van der Waals surface area contributed by atoms with Crippen LogP contribution in [-0.2, 0) is 26.4 Å². The summed E-state index contributed by atoms with van der Waals surface area (Å²) < 4.78 is 48.9. The Morgan fingerprint density at radius 3 is 2.24 bits per heavy atom. The van der Waals surface area contributed by atoms with E-state index in [2.05, 4.69) is 5.32 Å². The second-order valence-electron chi connectivity index (χ2n) is 4.98. The lowest BCUT2D eigenvalue weighted by Gasteiger charge is -2.26. The van der Waals surface area contributed by atoms with Crippen LogP contribution in [0.2, 0.25) is 0 Å². The first-order valence-electron chi connectivity index (χ1n) is 6.85. The van der Waals surface area contributed by atoms with E-state index in [9.17, 15) is 16.8 Å². The van der Waals surface area contributed by atoms with Gasteiger partial charge in [-0.1, -0.05) is 19.1 Å². The molecule has 1 saturated heterocycles. The smallest absolute Gasteiger partial charge is 0.243 e. The van der Waals surface area contributed by atoms with Crippen molar-refractivity contribution in [2.45, 2.75) is 18.4 Å². The van der Waals surface area contributed by atoms with Crippen molar-refractivity contribution in [3.8, 4) is 0 Å². The van der Waals surface area contributed by atoms with E-state index >= 15 is 0 Å². The van der Waals surface area contributed by atoms with Gasteiger partial charge in [-0.2, -0.15) is 4.31 Å². The van der Waals surface area contributed by atoms with Gasteiger partial charge in [0, 0.05) is 19.6 Å². The molecule has 6 nitrogen and oxygen atoms in total. The van der Waals surface area contributed by atoms with Crippen LogP contribution in [0.5, 0.6) is 0 Å². The Kier molecular flexibility index (Phi) is 5.03. The molecule has 1 N–H and O–H groups in total. The second kappa shape index (κ2) is 6.43. The highest BCUT2D eigenvalue weighted by atomic mass is 32.2. The normalized spacial score (nSPS) is 19.5. The van der Waals surface area contributed by atoms with Gasteiger partial charge >= 0.3 is 0 Å². The SMILES string of the molecule is CCNCc1ccc(S(=O)(=O)N2CCS(=O)(=O)CC2)cc1. The molecule has 21 heavy (non-hydrogen) atoms. The van der Waals surface area contributed by atoms with E-state index in [1.165, 1.54) is 4.31 Å². The zero-order valence-electron chi connectivity index (χ0n) is 11.9. The molecule has 0 atom stereocenters. The minimum atomic E-state index is -3.60. The van der Waals surface area contributed by atoms with Gasteiger partial charge in [0.2, 0.25) is 10.0 Å². The number of hydrogen-bond donors (Lipinski definition) is 1. The van der Waals surface area contributed by atoms with Gasteiger partial charge in [0.15, 0.2) is 9.84 Å². The third-order valence-corrected chi connectivity index (χ3v) is 6.97. The predicted molar refractivity (Wildman–Crippen MR) is 81.2 cm³/mol. The Labute approximate surface area is 126 Å². The van der Waals surface area contributed by atoms with Crippen LogP contribution in [0.3, 0.4) is 0 Å². The van der Waals surface area contributed by atoms with Crippen LogP contribution in [0.25, 0.3) is 0 Å². The summed E-state index contributed by atoms with van der Waals surface area (Å²) in [5.74, 6) is -0.213. The molecule has 1 aliphatic heterocycles. The van der Waals surface area contributed by atoms with Crippen LogP contribution in [0.4, 0.5) is 0 Å². The molecule has 0 aliphatic carbocycles. The van der Waals surface area contributed by atoms with Crippen LogP contribution >= 0.6 is 0 Å². The minimum absolute atomic E-state index is 0.0316. The number of rotatable bonds is 5. The van der Waals surface area contributed by atoms with Crippen molar-refractivity contribution in [3.05, 3.63) is 29.8 Å². The van der Waals surface area contributed by atoms with Gasteiger partial charge in [-0.15, -0.1) is 0 Å². The van der Waals surface area contributed by atoms with Crippen molar-refractivity contribution in [2.75, 3.05) is 31.1 Å². The topological polar surface area (TPSA) is 83.6 Å². The van der Waals surface area contributed by atoms with Crippen molar-refractivity contribution in [1.82, 2.24) is 9.62 Å². The third kappa shape index (κ3) is 4.03. The maximum absolute atomic E-state index is 12.4. The Morgan fingerprint density at radius 2 is 1.71 bits per heavy atom. The van der Waals surface area contributed by atoms with Crippen molar-refractivity contribution in [2.24, 2.45) is 0 Å². The van der Waals surface area contributed by atoms with Gasteiger partial charge in [0.1, 0.15) is 0 Å². The van der Waals surface area contributed by atoms with Crippen molar-refractivity contribution in [3.63, 3.8) is 0 Å². The molecular formula is C13H20N2O4S2. The Bertz CT molecular complexity index is 667. The number of sulfonamides is 1. The molecular weight excluding hydrogens is 312 g/mol. The van der Waals surface area contributed by atoms with Gasteiger partial charge in [0.25, 0.3) is 0 Å². The Hall–Kier alpha value is -0.960. The summed E-state index contributed by atoms with van der Waals surface area (Å²) >= 11 is 0. The van der Waals surface area contributed by atoms with Crippen LogP contribution in [0, 0.1) is 0 Å². The van der Waals surface area contributed by atoms with Crippen molar-refractivity contribution >= 4 is 19.9 Å². The highest BCUT2D eigenvalue weighted by molar-refractivity contribution is 7.92. The fourth-order valence-electron chi connectivity index (χ4n) is 2.13. The molecule has 1 heterocycles. The molecule has 1 fully saturated rings. The number of sulfone groups is 1. The van der Waals surface area contributed by atoms with E-state index in [0.29, 0.717) is 6.54 Å². The Morgan fingerprint density at radius 1 is 1.14 bits per heavy atom. The molecule has 8 heteroatoms. The maximum Gasteiger partial charge on any atom is 0.243 e. The predicted octanol–water partition coefficient (Wildman–Crippen LogP) is 0.215. The molecule has 0 radical (unpaired) electrons. The van der Waals surface area contributed by atoms with E-state index < -0.39 is 19.9 Å². The summed E-state index contributed by atoms with van der Waals surface area (Å²) in [5, 5.41) is 3.17. The largest absolute Gasteiger partial charge is 0.313 e. The van der Waals surface area contributed by atoms with E-state index in [4.69, 9.17) is 0 Å². The van der Waals surface area contributed by atoms with Gasteiger partial charge in [0.05, 0.1) is 16.4 Å². The fraction of sp³-hybridized carbons (Fsp3) is 0.538. The second-order valence-corrected chi connectivity index (χ2v) is 9.22. The van der Waals surface area contributed by atoms with Crippen LogP contribution < -0.4 is 5.32 Å². The lowest BCUT2D eigenvalue weighted by atomic mass is 10.2. The summed E-state index contributed by atoms with van der Waals surface area (Å²) in [6.45, 7) is 3.61. The molecule has 0 aromatic heterocycles. The standard InChI is InChI=1S/C13H20N2O4S2/c1-2-14-11-12-3-5-13(6-4-12)21(18,19)15-7-9-20(16,17)10-8-15/h3-6,14H,2,7-11H2,1H3. The average molecular weight is 332 g/mol. The first kappa shape index (κ1) is 16.4. The molecule has 0 unspecified atom stereocenters. The van der Waals surface area contributed by atoms with Crippen molar-refractivity contribution in [1.29, 1.82) is 0 Å². The molecule has 0 bridgehead atoms. The highest BCUT2D eigenvalue weighted by Gasteiger charge is 2.30. The summed E-state index contributed by atoms with van der Waals surface area (Å²) in [6.07, 6.45) is 0. The van der Waals surface area contributed by atoms with Crippen LogP contribution in [-0.4, -0.2) is 52.3 Å². The van der Waals surface area contributed by atoms with Crippen molar-refractivity contribution < 1.29 is 16.8 Å². The fourth-order valence-corrected chi connectivity index (χ4v) is 5.01. The maximum atomic E-state index is 12.4. The molecule has 118 valence electrons.